The molecule has 1 amide bonds. The maximum absolute atomic E-state index is 13.3. The fourth-order valence-corrected chi connectivity index (χ4v) is 4.58. The minimum atomic E-state index is -3.91. The van der Waals surface area contributed by atoms with Crippen molar-refractivity contribution in [3.8, 4) is 0 Å². The van der Waals surface area contributed by atoms with E-state index in [0.717, 1.165) is 21.0 Å². The maximum atomic E-state index is 13.3. The number of carbonyl (C=O) groups is 1. The Morgan fingerprint density at radius 2 is 1.45 bits per heavy atom. The minimum absolute atomic E-state index is 0.141. The molecule has 0 saturated heterocycles. The van der Waals surface area contributed by atoms with Gasteiger partial charge in [-0.15, -0.1) is 0 Å². The van der Waals surface area contributed by atoms with Crippen LogP contribution in [0.15, 0.2) is 77.7 Å². The highest BCUT2D eigenvalue weighted by molar-refractivity contribution is 7.92. The molecule has 6 heteroatoms. The van der Waals surface area contributed by atoms with Gasteiger partial charge in [0.2, 0.25) is 5.91 Å². The molecule has 1 N–H and O–H groups in total. The van der Waals surface area contributed by atoms with Gasteiger partial charge in [-0.05, 0) is 61.7 Å². The maximum Gasteiger partial charge on any atom is 0.264 e. The van der Waals surface area contributed by atoms with Crippen LogP contribution in [0.5, 0.6) is 0 Å². The van der Waals surface area contributed by atoms with Gasteiger partial charge in [0.15, 0.2) is 0 Å². The number of anilines is 2. The molecule has 0 spiro atoms. The van der Waals surface area contributed by atoms with Crippen molar-refractivity contribution in [2.75, 3.05) is 16.2 Å². The largest absolute Gasteiger partial charge is 0.324 e. The van der Waals surface area contributed by atoms with Gasteiger partial charge in [-0.3, -0.25) is 9.10 Å². The molecule has 3 aromatic rings. The molecule has 3 rings (SSSR count). The monoisotopic (exact) mass is 408 g/mol. The number of hydrogen-bond donors (Lipinski definition) is 1. The predicted molar refractivity (Wildman–Crippen MR) is 117 cm³/mol. The highest BCUT2D eigenvalue weighted by atomic mass is 32.2. The van der Waals surface area contributed by atoms with Crippen LogP contribution in [-0.2, 0) is 14.8 Å². The molecular formula is C23H24N2O3S. The summed E-state index contributed by atoms with van der Waals surface area (Å²) >= 11 is 0. The van der Waals surface area contributed by atoms with Crippen molar-refractivity contribution >= 4 is 27.3 Å². The Kier molecular flexibility index (Phi) is 6.03. The predicted octanol–water partition coefficient (Wildman–Crippen LogP) is 4.45. The summed E-state index contributed by atoms with van der Waals surface area (Å²) in [5.41, 5.74) is 3.93. The topological polar surface area (TPSA) is 66.5 Å². The van der Waals surface area contributed by atoms with Crippen LogP contribution in [0.1, 0.15) is 16.7 Å². The second kappa shape index (κ2) is 8.49. The lowest BCUT2D eigenvalue weighted by Crippen LogP contribution is -2.38. The number of nitrogens with one attached hydrogen (secondary N) is 1. The summed E-state index contributed by atoms with van der Waals surface area (Å²) < 4.78 is 27.8. The van der Waals surface area contributed by atoms with Crippen LogP contribution >= 0.6 is 0 Å². The third-order valence-corrected chi connectivity index (χ3v) is 6.66. The van der Waals surface area contributed by atoms with E-state index in [-0.39, 0.29) is 11.4 Å². The summed E-state index contributed by atoms with van der Waals surface area (Å²) in [5, 5.41) is 2.85. The van der Waals surface area contributed by atoms with Gasteiger partial charge in [0.05, 0.1) is 10.6 Å². The van der Waals surface area contributed by atoms with Crippen LogP contribution in [0.25, 0.3) is 0 Å². The lowest BCUT2D eigenvalue weighted by molar-refractivity contribution is -0.114. The van der Waals surface area contributed by atoms with E-state index in [1.54, 1.807) is 30.3 Å². The number of para-hydroxylation sites is 1. The molecule has 0 atom stereocenters. The first-order valence-corrected chi connectivity index (χ1v) is 10.7. The molecule has 0 heterocycles. The molecule has 0 aliphatic carbocycles. The summed E-state index contributed by atoms with van der Waals surface area (Å²) in [6.07, 6.45) is 0. The molecule has 0 saturated carbocycles. The molecule has 0 bridgehead atoms. The van der Waals surface area contributed by atoms with Crippen molar-refractivity contribution < 1.29 is 13.2 Å². The van der Waals surface area contributed by atoms with Crippen LogP contribution in [0.3, 0.4) is 0 Å². The van der Waals surface area contributed by atoms with Crippen molar-refractivity contribution in [1.82, 2.24) is 0 Å². The molecule has 0 fully saturated rings. The second-order valence-electron chi connectivity index (χ2n) is 6.91. The number of carbonyl (C=O) groups excluding carboxylic acids is 1. The van der Waals surface area contributed by atoms with E-state index in [4.69, 9.17) is 0 Å². The van der Waals surface area contributed by atoms with Crippen molar-refractivity contribution in [2.45, 2.75) is 25.7 Å². The molecule has 0 aromatic heterocycles. The van der Waals surface area contributed by atoms with Crippen LogP contribution < -0.4 is 9.62 Å². The summed E-state index contributed by atoms with van der Waals surface area (Å²) in [4.78, 5) is 13.0. The Morgan fingerprint density at radius 3 is 2.14 bits per heavy atom. The Bertz CT molecular complexity index is 1130. The normalized spacial score (nSPS) is 11.1. The average Bonchev–Trinajstić information content (AvgIpc) is 2.71. The van der Waals surface area contributed by atoms with Crippen LogP contribution in [-0.4, -0.2) is 20.9 Å². The molecule has 0 aliphatic heterocycles. The molecule has 150 valence electrons. The number of amides is 1. The quantitative estimate of drug-likeness (QED) is 0.655. The first-order valence-electron chi connectivity index (χ1n) is 9.30. The fourth-order valence-electron chi connectivity index (χ4n) is 3.07. The molecule has 0 unspecified atom stereocenters. The van der Waals surface area contributed by atoms with Gasteiger partial charge in [0, 0.05) is 5.69 Å². The summed E-state index contributed by atoms with van der Waals surface area (Å²) in [6, 6.07) is 20.9. The Balaban J connectivity index is 1.97. The lowest BCUT2D eigenvalue weighted by Gasteiger charge is -2.25. The van der Waals surface area contributed by atoms with Crippen molar-refractivity contribution in [1.29, 1.82) is 0 Å². The molecule has 3 aromatic carbocycles. The van der Waals surface area contributed by atoms with E-state index in [1.165, 1.54) is 12.1 Å². The van der Waals surface area contributed by atoms with E-state index in [0.29, 0.717) is 11.4 Å². The number of sulfonamides is 1. The highest BCUT2D eigenvalue weighted by Crippen LogP contribution is 2.27. The van der Waals surface area contributed by atoms with Gasteiger partial charge >= 0.3 is 0 Å². The van der Waals surface area contributed by atoms with Gasteiger partial charge in [-0.25, -0.2) is 8.42 Å². The standard InChI is InChI=1S/C23H24N2O3S/c1-17-11-9-14-21(19(17)3)24-23(26)16-25(22-15-8-7-10-18(22)2)29(27,28)20-12-5-4-6-13-20/h4-15H,16H2,1-3H3,(H,24,26). The summed E-state index contributed by atoms with van der Waals surface area (Å²) in [7, 11) is -3.91. The average molecular weight is 409 g/mol. The Morgan fingerprint density at radius 1 is 0.828 bits per heavy atom. The summed E-state index contributed by atoms with van der Waals surface area (Å²) in [6.45, 7) is 5.39. The third-order valence-electron chi connectivity index (χ3n) is 4.88. The molecule has 0 aliphatic rings. The van der Waals surface area contributed by atoms with E-state index >= 15 is 0 Å². The number of aryl methyl sites for hydroxylation is 2. The zero-order valence-corrected chi connectivity index (χ0v) is 17.5. The SMILES string of the molecule is Cc1ccccc1N(CC(=O)Nc1cccc(C)c1C)S(=O)(=O)c1ccccc1. The minimum Gasteiger partial charge on any atom is -0.324 e. The van der Waals surface area contributed by atoms with Crippen molar-refractivity contribution in [3.05, 3.63) is 89.5 Å². The molecule has 0 radical (unpaired) electrons. The van der Waals surface area contributed by atoms with Crippen LogP contribution in [0.2, 0.25) is 0 Å². The molecule has 5 nitrogen and oxygen atoms in total. The van der Waals surface area contributed by atoms with E-state index in [1.807, 2.05) is 51.1 Å². The Hall–Kier alpha value is -3.12. The van der Waals surface area contributed by atoms with Crippen LogP contribution in [0.4, 0.5) is 11.4 Å². The van der Waals surface area contributed by atoms with Gasteiger partial charge < -0.3 is 5.32 Å². The highest BCUT2D eigenvalue weighted by Gasteiger charge is 2.28. The van der Waals surface area contributed by atoms with Crippen molar-refractivity contribution in [3.63, 3.8) is 0 Å². The number of benzene rings is 3. The summed E-state index contributed by atoms with van der Waals surface area (Å²) in [5.74, 6) is -0.401. The second-order valence-corrected chi connectivity index (χ2v) is 8.77. The Labute approximate surface area is 172 Å². The third kappa shape index (κ3) is 4.49. The van der Waals surface area contributed by atoms with E-state index in [2.05, 4.69) is 5.32 Å². The van der Waals surface area contributed by atoms with E-state index < -0.39 is 15.9 Å². The van der Waals surface area contributed by atoms with Crippen LogP contribution in [0, 0.1) is 20.8 Å². The zero-order chi connectivity index (χ0) is 21.0. The number of hydrogen-bond acceptors (Lipinski definition) is 3. The van der Waals surface area contributed by atoms with Gasteiger partial charge in [0.25, 0.3) is 10.0 Å². The van der Waals surface area contributed by atoms with Gasteiger partial charge in [-0.1, -0.05) is 48.5 Å². The first-order chi connectivity index (χ1) is 13.8. The smallest absolute Gasteiger partial charge is 0.264 e. The number of rotatable bonds is 6. The molecule has 29 heavy (non-hydrogen) atoms. The fraction of sp³-hybridized carbons (Fsp3) is 0.174. The van der Waals surface area contributed by atoms with E-state index in [9.17, 15) is 13.2 Å². The zero-order valence-electron chi connectivity index (χ0n) is 16.7. The van der Waals surface area contributed by atoms with Gasteiger partial charge in [0.1, 0.15) is 6.54 Å². The molecular weight excluding hydrogens is 384 g/mol. The van der Waals surface area contributed by atoms with Crippen molar-refractivity contribution in [2.24, 2.45) is 0 Å². The number of nitrogens with zero attached hydrogens (tertiary/aromatic N) is 1. The first kappa shape index (κ1) is 20.6. The lowest BCUT2D eigenvalue weighted by atomic mass is 10.1. The van der Waals surface area contributed by atoms with Gasteiger partial charge in [-0.2, -0.15) is 0 Å².